The Morgan fingerprint density at radius 2 is 2.18 bits per heavy atom. The van der Waals surface area contributed by atoms with Crippen molar-refractivity contribution in [2.24, 2.45) is 5.41 Å². The summed E-state index contributed by atoms with van der Waals surface area (Å²) in [5, 5.41) is 9.35. The highest BCUT2D eigenvalue weighted by Crippen LogP contribution is 2.33. The minimum absolute atomic E-state index is 0.132. The Hall–Kier alpha value is -0.830. The van der Waals surface area contributed by atoms with Crippen molar-refractivity contribution >= 4 is 5.78 Å². The lowest BCUT2D eigenvalue weighted by Crippen LogP contribution is -2.30. The van der Waals surface area contributed by atoms with Crippen LogP contribution in [-0.4, -0.2) is 24.1 Å². The maximum Gasteiger partial charge on any atom is 0.205 e. The van der Waals surface area contributed by atoms with Crippen LogP contribution in [0, 0.1) is 5.41 Å². The summed E-state index contributed by atoms with van der Waals surface area (Å²) < 4.78 is 4.78. The molecular weight excluding hydrogens is 144 g/mol. The first-order valence-electron chi connectivity index (χ1n) is 3.49. The lowest BCUT2D eigenvalue weighted by atomic mass is 9.87. The van der Waals surface area contributed by atoms with Crippen LogP contribution in [0.3, 0.4) is 0 Å². The number of hydrogen-bond acceptors (Lipinski definition) is 3. The molecule has 11 heavy (non-hydrogen) atoms. The molecule has 1 rings (SSSR count). The summed E-state index contributed by atoms with van der Waals surface area (Å²) in [5.41, 5.74) is -0.717. The van der Waals surface area contributed by atoms with Crippen molar-refractivity contribution in [1.82, 2.24) is 0 Å². The molecule has 0 saturated heterocycles. The third-order valence-electron chi connectivity index (χ3n) is 2.08. The van der Waals surface area contributed by atoms with Crippen LogP contribution in [0.15, 0.2) is 11.8 Å². The van der Waals surface area contributed by atoms with Crippen molar-refractivity contribution in [3.8, 4) is 0 Å². The zero-order valence-electron chi connectivity index (χ0n) is 6.92. The highest BCUT2D eigenvalue weighted by atomic mass is 16.5. The SMILES string of the molecule is COC1=CC(O)C(C)(C)C1=O. The van der Waals surface area contributed by atoms with Crippen LogP contribution in [0.4, 0.5) is 0 Å². The average Bonchev–Trinajstić information content (AvgIpc) is 2.14. The van der Waals surface area contributed by atoms with E-state index in [0.717, 1.165) is 0 Å². The Kier molecular flexibility index (Phi) is 1.76. The molecule has 0 aromatic carbocycles. The molecule has 0 aliphatic heterocycles. The number of hydrogen-bond donors (Lipinski definition) is 1. The molecule has 1 unspecified atom stereocenters. The maximum atomic E-state index is 11.3. The number of ketones is 1. The Balaban J connectivity index is 2.93. The van der Waals surface area contributed by atoms with Crippen molar-refractivity contribution in [3.05, 3.63) is 11.8 Å². The summed E-state index contributed by atoms with van der Waals surface area (Å²) in [7, 11) is 1.43. The van der Waals surface area contributed by atoms with Crippen LogP contribution >= 0.6 is 0 Å². The van der Waals surface area contributed by atoms with Gasteiger partial charge >= 0.3 is 0 Å². The van der Waals surface area contributed by atoms with Gasteiger partial charge in [0.2, 0.25) is 5.78 Å². The minimum atomic E-state index is -0.718. The molecule has 0 aromatic heterocycles. The molecule has 0 radical (unpaired) electrons. The van der Waals surface area contributed by atoms with E-state index in [4.69, 9.17) is 4.74 Å². The van der Waals surface area contributed by atoms with Crippen LogP contribution < -0.4 is 0 Å². The van der Waals surface area contributed by atoms with Gasteiger partial charge in [-0.3, -0.25) is 4.79 Å². The maximum absolute atomic E-state index is 11.3. The zero-order valence-corrected chi connectivity index (χ0v) is 6.92. The number of aliphatic hydroxyl groups excluding tert-OH is 1. The van der Waals surface area contributed by atoms with E-state index in [0.29, 0.717) is 0 Å². The summed E-state index contributed by atoms with van der Waals surface area (Å²) in [6.45, 7) is 3.39. The molecule has 0 bridgehead atoms. The molecule has 1 N–H and O–H groups in total. The highest BCUT2D eigenvalue weighted by molar-refractivity contribution is 6.01. The van der Waals surface area contributed by atoms with Gasteiger partial charge in [-0.15, -0.1) is 0 Å². The number of methoxy groups -OCH3 is 1. The second kappa shape index (κ2) is 2.34. The topological polar surface area (TPSA) is 46.5 Å². The quantitative estimate of drug-likeness (QED) is 0.601. The number of aliphatic hydroxyl groups is 1. The number of allylic oxidation sites excluding steroid dienone is 1. The first-order valence-corrected chi connectivity index (χ1v) is 3.49. The number of ether oxygens (including phenoxy) is 1. The Labute approximate surface area is 65.7 Å². The number of Topliss-reactive ketones (excluding diaryl/α,β-unsaturated/α-hetero) is 1. The standard InChI is InChI=1S/C8H12O3/c1-8(2)6(9)4-5(11-3)7(8)10/h4,6,9H,1-3H3. The molecule has 1 atom stereocenters. The molecule has 0 spiro atoms. The van der Waals surface area contributed by atoms with E-state index in [1.165, 1.54) is 13.2 Å². The van der Waals surface area contributed by atoms with E-state index in [-0.39, 0.29) is 11.5 Å². The first kappa shape index (κ1) is 8.27. The van der Waals surface area contributed by atoms with Crippen LogP contribution in [0.1, 0.15) is 13.8 Å². The Bertz CT molecular complexity index is 215. The van der Waals surface area contributed by atoms with Gasteiger partial charge in [-0.1, -0.05) is 0 Å². The molecule has 0 aromatic rings. The second-order valence-electron chi connectivity index (χ2n) is 3.23. The second-order valence-corrected chi connectivity index (χ2v) is 3.23. The smallest absolute Gasteiger partial charge is 0.205 e. The van der Waals surface area contributed by atoms with Gasteiger partial charge in [-0.25, -0.2) is 0 Å². The number of carbonyl (C=O) groups is 1. The van der Waals surface area contributed by atoms with Crippen molar-refractivity contribution in [1.29, 1.82) is 0 Å². The number of carbonyl (C=O) groups excluding carboxylic acids is 1. The van der Waals surface area contributed by atoms with E-state index in [1.54, 1.807) is 13.8 Å². The van der Waals surface area contributed by atoms with Crippen molar-refractivity contribution < 1.29 is 14.6 Å². The van der Waals surface area contributed by atoms with Gasteiger partial charge in [0.25, 0.3) is 0 Å². The first-order chi connectivity index (χ1) is 5.00. The van der Waals surface area contributed by atoms with E-state index >= 15 is 0 Å². The molecule has 0 amide bonds. The zero-order chi connectivity index (χ0) is 8.65. The molecule has 1 aliphatic carbocycles. The fraction of sp³-hybridized carbons (Fsp3) is 0.625. The van der Waals surface area contributed by atoms with Crippen molar-refractivity contribution in [3.63, 3.8) is 0 Å². The van der Waals surface area contributed by atoms with Gasteiger partial charge < -0.3 is 9.84 Å². The van der Waals surface area contributed by atoms with Gasteiger partial charge in [-0.05, 0) is 19.9 Å². The molecule has 0 heterocycles. The third kappa shape index (κ3) is 1.05. The van der Waals surface area contributed by atoms with E-state index in [9.17, 15) is 9.90 Å². The molecule has 0 saturated carbocycles. The van der Waals surface area contributed by atoms with Gasteiger partial charge in [0.15, 0.2) is 5.76 Å². The monoisotopic (exact) mass is 156 g/mol. The van der Waals surface area contributed by atoms with Gasteiger partial charge in [-0.2, -0.15) is 0 Å². The van der Waals surface area contributed by atoms with Crippen LogP contribution in [0.25, 0.3) is 0 Å². The summed E-state index contributed by atoms with van der Waals surface area (Å²) >= 11 is 0. The van der Waals surface area contributed by atoms with Gasteiger partial charge in [0.05, 0.1) is 18.6 Å². The van der Waals surface area contributed by atoms with Crippen molar-refractivity contribution in [2.75, 3.05) is 7.11 Å². The minimum Gasteiger partial charge on any atom is -0.493 e. The molecular formula is C8H12O3. The third-order valence-corrected chi connectivity index (χ3v) is 2.08. The predicted molar refractivity (Wildman–Crippen MR) is 39.9 cm³/mol. The summed E-state index contributed by atoms with van der Waals surface area (Å²) in [4.78, 5) is 11.3. The summed E-state index contributed by atoms with van der Waals surface area (Å²) in [6, 6.07) is 0. The molecule has 1 aliphatic rings. The fourth-order valence-corrected chi connectivity index (χ4v) is 1.04. The number of rotatable bonds is 1. The normalized spacial score (nSPS) is 28.5. The fourth-order valence-electron chi connectivity index (χ4n) is 1.04. The molecule has 0 fully saturated rings. The summed E-state index contributed by atoms with van der Waals surface area (Å²) in [6.07, 6.45) is 0.729. The van der Waals surface area contributed by atoms with Gasteiger partial charge in [0.1, 0.15) is 0 Å². The lowest BCUT2D eigenvalue weighted by Gasteiger charge is -2.19. The van der Waals surface area contributed by atoms with Crippen molar-refractivity contribution in [2.45, 2.75) is 20.0 Å². The van der Waals surface area contributed by atoms with E-state index in [1.807, 2.05) is 0 Å². The van der Waals surface area contributed by atoms with E-state index in [2.05, 4.69) is 0 Å². The molecule has 62 valence electrons. The predicted octanol–water partition coefficient (Wildman–Crippen LogP) is 0.486. The average molecular weight is 156 g/mol. The van der Waals surface area contributed by atoms with Crippen LogP contribution in [0.2, 0.25) is 0 Å². The lowest BCUT2D eigenvalue weighted by molar-refractivity contribution is -0.127. The Morgan fingerprint density at radius 3 is 2.36 bits per heavy atom. The molecule has 3 heteroatoms. The summed E-state index contributed by atoms with van der Waals surface area (Å²) in [5.74, 6) is 0.134. The highest BCUT2D eigenvalue weighted by Gasteiger charge is 2.42. The largest absolute Gasteiger partial charge is 0.493 e. The molecule has 3 nitrogen and oxygen atoms in total. The van der Waals surface area contributed by atoms with Crippen LogP contribution in [0.5, 0.6) is 0 Å². The van der Waals surface area contributed by atoms with Gasteiger partial charge in [0, 0.05) is 0 Å². The van der Waals surface area contributed by atoms with E-state index < -0.39 is 11.5 Å². The van der Waals surface area contributed by atoms with Crippen LogP contribution in [-0.2, 0) is 9.53 Å². The Morgan fingerprint density at radius 1 is 1.64 bits per heavy atom.